The van der Waals surface area contributed by atoms with Gasteiger partial charge in [-0.1, -0.05) is 133 Å². The summed E-state index contributed by atoms with van der Waals surface area (Å²) in [5.41, 5.74) is 7.13. The first-order valence-electron chi connectivity index (χ1n) is 10.2. The van der Waals surface area contributed by atoms with Crippen molar-refractivity contribution < 1.29 is 0 Å². The van der Waals surface area contributed by atoms with E-state index in [1.165, 1.54) is 33.4 Å². The average molecular weight is 385 g/mol. The maximum absolute atomic E-state index is 2.23. The molecule has 0 aliphatic heterocycles. The van der Waals surface area contributed by atoms with Crippen molar-refractivity contribution in [2.75, 3.05) is 0 Å². The van der Waals surface area contributed by atoms with Crippen LogP contribution in [0.15, 0.2) is 133 Å². The normalized spacial score (nSPS) is 12.3. The average Bonchev–Trinajstić information content (AvgIpc) is 2.83. The lowest BCUT2D eigenvalue weighted by atomic mass is 9.98. The summed E-state index contributed by atoms with van der Waals surface area (Å²) in [6.45, 7) is 0. The molecular formula is C30H24. The van der Waals surface area contributed by atoms with Gasteiger partial charge >= 0.3 is 0 Å². The minimum Gasteiger partial charge on any atom is -0.0622 e. The molecule has 0 unspecified atom stereocenters. The van der Waals surface area contributed by atoms with Crippen molar-refractivity contribution >= 4 is 23.3 Å². The lowest BCUT2D eigenvalue weighted by molar-refractivity contribution is 1.60. The van der Waals surface area contributed by atoms with Gasteiger partial charge in [0.1, 0.15) is 0 Å². The van der Waals surface area contributed by atoms with E-state index in [1.807, 2.05) is 12.1 Å². The molecule has 0 aliphatic rings. The summed E-state index contributed by atoms with van der Waals surface area (Å²) >= 11 is 0. The van der Waals surface area contributed by atoms with Crippen LogP contribution in [-0.2, 0) is 0 Å². The van der Waals surface area contributed by atoms with E-state index in [0.717, 1.165) is 0 Å². The molecule has 4 aromatic rings. The van der Waals surface area contributed by atoms with Crippen LogP contribution in [0.4, 0.5) is 0 Å². The van der Waals surface area contributed by atoms with Gasteiger partial charge in [0.05, 0.1) is 0 Å². The molecule has 0 amide bonds. The zero-order valence-corrected chi connectivity index (χ0v) is 16.9. The van der Waals surface area contributed by atoms with E-state index in [4.69, 9.17) is 0 Å². The maximum atomic E-state index is 2.23. The Balaban J connectivity index is 1.76. The molecule has 0 aromatic heterocycles. The van der Waals surface area contributed by atoms with E-state index in [-0.39, 0.29) is 0 Å². The fraction of sp³-hybridized carbons (Fsp3) is 0. The van der Waals surface area contributed by atoms with Crippen LogP contribution in [0.5, 0.6) is 0 Å². The van der Waals surface area contributed by atoms with Crippen LogP contribution in [0.25, 0.3) is 23.3 Å². The van der Waals surface area contributed by atoms with Gasteiger partial charge in [-0.05, 0) is 45.6 Å². The second kappa shape index (κ2) is 10.0. The third kappa shape index (κ3) is 5.33. The second-order valence-electron chi connectivity index (χ2n) is 7.09. The molecule has 4 aromatic carbocycles. The SMILES string of the molecule is C(=CC(=Cc1ccccc1)c1ccccc1)C(=Cc1ccccc1)c1ccccc1. The van der Waals surface area contributed by atoms with Gasteiger partial charge in [-0.25, -0.2) is 0 Å². The summed E-state index contributed by atoms with van der Waals surface area (Å²) in [5, 5.41) is 0. The Labute approximate surface area is 179 Å². The highest BCUT2D eigenvalue weighted by Crippen LogP contribution is 2.24. The Hall–Kier alpha value is -3.90. The molecule has 30 heavy (non-hydrogen) atoms. The van der Waals surface area contributed by atoms with Crippen molar-refractivity contribution in [3.8, 4) is 0 Å². The zero-order chi connectivity index (χ0) is 20.4. The van der Waals surface area contributed by atoms with Gasteiger partial charge in [0, 0.05) is 0 Å². The van der Waals surface area contributed by atoms with Crippen molar-refractivity contribution in [3.63, 3.8) is 0 Å². The smallest absolute Gasteiger partial charge is 0.0178 e. The molecule has 0 saturated carbocycles. The fourth-order valence-corrected chi connectivity index (χ4v) is 3.35. The van der Waals surface area contributed by atoms with Crippen molar-refractivity contribution in [2.24, 2.45) is 0 Å². The van der Waals surface area contributed by atoms with Crippen molar-refractivity contribution in [2.45, 2.75) is 0 Å². The van der Waals surface area contributed by atoms with Crippen molar-refractivity contribution in [1.82, 2.24) is 0 Å². The molecule has 0 radical (unpaired) electrons. The van der Waals surface area contributed by atoms with E-state index in [2.05, 4.69) is 133 Å². The third-order valence-corrected chi connectivity index (χ3v) is 4.90. The monoisotopic (exact) mass is 384 g/mol. The standard InChI is InChI=1S/C30H24/c1-5-13-25(14-6-1)23-29(27-17-9-3-10-18-27)21-22-30(28-19-11-4-12-20-28)24-26-15-7-2-8-16-26/h1-24H. The number of hydrogen-bond donors (Lipinski definition) is 0. The van der Waals surface area contributed by atoms with E-state index >= 15 is 0 Å². The van der Waals surface area contributed by atoms with Gasteiger partial charge in [0.25, 0.3) is 0 Å². The Kier molecular flexibility index (Phi) is 6.50. The quantitative estimate of drug-likeness (QED) is 0.233. The van der Waals surface area contributed by atoms with Gasteiger partial charge in [-0.3, -0.25) is 0 Å². The van der Waals surface area contributed by atoms with E-state index < -0.39 is 0 Å². The molecule has 0 saturated heterocycles. The molecule has 0 nitrogen and oxygen atoms in total. The molecule has 0 aliphatic carbocycles. The molecule has 0 spiro atoms. The Morgan fingerprint density at radius 1 is 0.367 bits per heavy atom. The number of rotatable bonds is 6. The number of hydrogen-bond acceptors (Lipinski definition) is 0. The summed E-state index contributed by atoms with van der Waals surface area (Å²) in [6.07, 6.45) is 8.89. The molecule has 0 N–H and O–H groups in total. The topological polar surface area (TPSA) is 0 Å². The summed E-state index contributed by atoms with van der Waals surface area (Å²) in [6, 6.07) is 42.0. The summed E-state index contributed by atoms with van der Waals surface area (Å²) in [5.74, 6) is 0. The van der Waals surface area contributed by atoms with Crippen LogP contribution in [0.2, 0.25) is 0 Å². The summed E-state index contributed by atoms with van der Waals surface area (Å²) < 4.78 is 0. The van der Waals surface area contributed by atoms with Crippen LogP contribution in [-0.4, -0.2) is 0 Å². The van der Waals surface area contributed by atoms with Gasteiger partial charge in [0.2, 0.25) is 0 Å². The Morgan fingerprint density at radius 2 is 0.667 bits per heavy atom. The molecule has 4 rings (SSSR count). The number of benzene rings is 4. The van der Waals surface area contributed by atoms with Crippen molar-refractivity contribution in [3.05, 3.63) is 156 Å². The number of allylic oxidation sites excluding steroid dienone is 4. The van der Waals surface area contributed by atoms with Gasteiger partial charge in [0.15, 0.2) is 0 Å². The predicted octanol–water partition coefficient (Wildman–Crippen LogP) is 8.02. The molecule has 0 heterocycles. The van der Waals surface area contributed by atoms with E-state index in [0.29, 0.717) is 0 Å². The molecule has 0 atom stereocenters. The molecule has 144 valence electrons. The first-order chi connectivity index (χ1) is 14.9. The molecule has 0 heteroatoms. The van der Waals surface area contributed by atoms with Crippen LogP contribution < -0.4 is 0 Å². The van der Waals surface area contributed by atoms with Gasteiger partial charge in [-0.2, -0.15) is 0 Å². The zero-order valence-electron chi connectivity index (χ0n) is 16.9. The third-order valence-electron chi connectivity index (χ3n) is 4.90. The molecule has 0 fully saturated rings. The highest BCUT2D eigenvalue weighted by Gasteiger charge is 2.02. The van der Waals surface area contributed by atoms with Crippen LogP contribution in [0.3, 0.4) is 0 Å². The largest absolute Gasteiger partial charge is 0.0622 e. The molecule has 0 bridgehead atoms. The maximum Gasteiger partial charge on any atom is -0.0178 e. The van der Waals surface area contributed by atoms with Crippen molar-refractivity contribution in [1.29, 1.82) is 0 Å². The first kappa shape index (κ1) is 19.4. The fourth-order valence-electron chi connectivity index (χ4n) is 3.35. The van der Waals surface area contributed by atoms with Crippen LogP contribution >= 0.6 is 0 Å². The molecular weight excluding hydrogens is 360 g/mol. The van der Waals surface area contributed by atoms with Gasteiger partial charge in [-0.15, -0.1) is 0 Å². The van der Waals surface area contributed by atoms with Gasteiger partial charge < -0.3 is 0 Å². The summed E-state index contributed by atoms with van der Waals surface area (Å²) in [4.78, 5) is 0. The first-order valence-corrected chi connectivity index (χ1v) is 10.2. The second-order valence-corrected chi connectivity index (χ2v) is 7.09. The van der Waals surface area contributed by atoms with Crippen LogP contribution in [0, 0.1) is 0 Å². The van der Waals surface area contributed by atoms with E-state index in [9.17, 15) is 0 Å². The van der Waals surface area contributed by atoms with E-state index in [1.54, 1.807) is 0 Å². The lowest BCUT2D eigenvalue weighted by Gasteiger charge is -2.07. The van der Waals surface area contributed by atoms with Crippen LogP contribution in [0.1, 0.15) is 22.3 Å². The highest BCUT2D eigenvalue weighted by atomic mass is 14.1. The highest BCUT2D eigenvalue weighted by molar-refractivity contribution is 5.93. The summed E-state index contributed by atoms with van der Waals surface area (Å²) in [7, 11) is 0. The minimum absolute atomic E-state index is 1.18. The lowest BCUT2D eigenvalue weighted by Crippen LogP contribution is -1.84. The Morgan fingerprint density at radius 3 is 1.00 bits per heavy atom. The Bertz CT molecular complexity index is 1040. The minimum atomic E-state index is 1.18. The predicted molar refractivity (Wildman–Crippen MR) is 131 cm³/mol.